The lowest BCUT2D eigenvalue weighted by Crippen LogP contribution is -2.44. The Morgan fingerprint density at radius 1 is 1.00 bits per heavy atom. The van der Waals surface area contributed by atoms with Gasteiger partial charge in [-0.3, -0.25) is 4.79 Å². The third-order valence-corrected chi connectivity index (χ3v) is 6.91. The molecule has 7 heteroatoms. The van der Waals surface area contributed by atoms with E-state index in [9.17, 15) is 13.2 Å². The van der Waals surface area contributed by atoms with Crippen molar-refractivity contribution in [1.29, 1.82) is 0 Å². The molecule has 2 aromatic rings. The fourth-order valence-corrected chi connectivity index (χ4v) is 4.97. The minimum atomic E-state index is -3.44. The highest BCUT2D eigenvalue weighted by Gasteiger charge is 2.25. The van der Waals surface area contributed by atoms with Crippen LogP contribution in [0.5, 0.6) is 0 Å². The summed E-state index contributed by atoms with van der Waals surface area (Å²) in [6.45, 7) is 0.571. The molecule has 1 aliphatic rings. The van der Waals surface area contributed by atoms with E-state index in [1.807, 2.05) is 18.2 Å². The zero-order chi connectivity index (χ0) is 19.3. The van der Waals surface area contributed by atoms with Crippen molar-refractivity contribution < 1.29 is 13.2 Å². The lowest BCUT2D eigenvalue weighted by Gasteiger charge is -2.31. The Kier molecular flexibility index (Phi) is 8.04. The van der Waals surface area contributed by atoms with Crippen molar-refractivity contribution in [2.45, 2.75) is 42.4 Å². The van der Waals surface area contributed by atoms with Crippen molar-refractivity contribution >= 4 is 28.2 Å². The molecule has 0 heterocycles. The van der Waals surface area contributed by atoms with Gasteiger partial charge in [0.05, 0.1) is 10.6 Å². The predicted octanol–water partition coefficient (Wildman–Crippen LogP) is 3.33. The first-order chi connectivity index (χ1) is 13.0. The van der Waals surface area contributed by atoms with Gasteiger partial charge in [0, 0.05) is 11.6 Å². The van der Waals surface area contributed by atoms with E-state index in [1.54, 1.807) is 24.3 Å². The molecule has 5 nitrogen and oxygen atoms in total. The summed E-state index contributed by atoms with van der Waals surface area (Å²) in [5.41, 5.74) is 7.03. The average molecular weight is 423 g/mol. The van der Waals surface area contributed by atoms with Gasteiger partial charge in [0.2, 0.25) is 0 Å². The Hall–Kier alpha value is -1.89. The molecular formula is C21H27ClN2O3S. The maximum Gasteiger partial charge on any atom is 0.251 e. The number of carbonyl (C=O) groups excluding carboxylic acids is 1. The van der Waals surface area contributed by atoms with Crippen LogP contribution in [0.2, 0.25) is 0 Å². The van der Waals surface area contributed by atoms with Crippen LogP contribution in [0.1, 0.15) is 41.6 Å². The summed E-state index contributed by atoms with van der Waals surface area (Å²) >= 11 is 0. The number of nitrogens with one attached hydrogen (secondary N) is 1. The van der Waals surface area contributed by atoms with Gasteiger partial charge in [-0.1, -0.05) is 43.2 Å². The molecule has 1 fully saturated rings. The van der Waals surface area contributed by atoms with E-state index in [0.29, 0.717) is 18.0 Å². The molecule has 0 spiro atoms. The molecule has 0 aromatic heterocycles. The van der Waals surface area contributed by atoms with Crippen LogP contribution in [0, 0.1) is 5.92 Å². The van der Waals surface area contributed by atoms with Crippen LogP contribution in [-0.2, 0) is 15.6 Å². The molecule has 0 saturated heterocycles. The van der Waals surface area contributed by atoms with Gasteiger partial charge in [-0.2, -0.15) is 0 Å². The Labute approximate surface area is 173 Å². The molecule has 0 radical (unpaired) electrons. The van der Waals surface area contributed by atoms with E-state index in [1.165, 1.54) is 12.1 Å². The van der Waals surface area contributed by atoms with Crippen LogP contribution in [0.15, 0.2) is 59.5 Å². The number of halogens is 1. The third kappa shape index (κ3) is 5.56. The molecule has 2 aromatic carbocycles. The van der Waals surface area contributed by atoms with Gasteiger partial charge in [-0.15, -0.1) is 12.4 Å². The Bertz CT molecular complexity index is 870. The number of hydrogen-bond acceptors (Lipinski definition) is 4. The smallest absolute Gasteiger partial charge is 0.251 e. The number of hydrogen-bond donors (Lipinski definition) is 2. The molecule has 3 N–H and O–H groups in total. The Morgan fingerprint density at radius 3 is 2.29 bits per heavy atom. The number of sulfone groups is 1. The monoisotopic (exact) mass is 422 g/mol. The number of carbonyl (C=O) groups is 1. The van der Waals surface area contributed by atoms with Gasteiger partial charge in [0.1, 0.15) is 0 Å². The van der Waals surface area contributed by atoms with E-state index in [4.69, 9.17) is 5.73 Å². The predicted molar refractivity (Wildman–Crippen MR) is 113 cm³/mol. The molecule has 2 unspecified atom stereocenters. The Balaban J connectivity index is 0.00000280. The lowest BCUT2D eigenvalue weighted by molar-refractivity contribution is 0.0908. The van der Waals surface area contributed by atoms with Crippen LogP contribution in [0.4, 0.5) is 0 Å². The first kappa shape index (κ1) is 22.4. The normalized spacial score (nSPS) is 19.5. The van der Waals surface area contributed by atoms with Crippen LogP contribution in [-0.4, -0.2) is 26.9 Å². The molecule has 1 saturated carbocycles. The van der Waals surface area contributed by atoms with E-state index < -0.39 is 9.84 Å². The van der Waals surface area contributed by atoms with Crippen molar-refractivity contribution in [2.24, 2.45) is 11.7 Å². The summed E-state index contributed by atoms with van der Waals surface area (Å²) in [6.07, 6.45) is 4.23. The maximum atomic E-state index is 12.6. The zero-order valence-corrected chi connectivity index (χ0v) is 17.3. The molecular weight excluding hydrogens is 396 g/mol. The minimum Gasteiger partial charge on any atom is -0.349 e. The fourth-order valence-electron chi connectivity index (χ4n) is 3.62. The first-order valence-electron chi connectivity index (χ1n) is 9.37. The second-order valence-corrected chi connectivity index (χ2v) is 9.12. The zero-order valence-electron chi connectivity index (χ0n) is 15.7. The van der Waals surface area contributed by atoms with Gasteiger partial charge in [0.15, 0.2) is 9.84 Å². The third-order valence-electron chi connectivity index (χ3n) is 5.20. The van der Waals surface area contributed by atoms with Crippen LogP contribution >= 0.6 is 12.4 Å². The van der Waals surface area contributed by atoms with Gasteiger partial charge in [-0.05, 0) is 55.1 Å². The van der Waals surface area contributed by atoms with Crippen LogP contribution < -0.4 is 11.1 Å². The number of benzene rings is 2. The highest BCUT2D eigenvalue weighted by atomic mass is 35.5. The topological polar surface area (TPSA) is 89.3 Å². The molecule has 0 bridgehead atoms. The summed E-state index contributed by atoms with van der Waals surface area (Å²) in [4.78, 5) is 12.7. The van der Waals surface area contributed by atoms with Gasteiger partial charge < -0.3 is 11.1 Å². The molecule has 152 valence electrons. The summed E-state index contributed by atoms with van der Waals surface area (Å²) in [6, 6.07) is 15.3. The van der Waals surface area contributed by atoms with Gasteiger partial charge in [0.25, 0.3) is 5.91 Å². The SMILES string of the molecule is Cl.NCC1CCCCC1NC(=O)c1ccc(S(=O)(=O)Cc2ccccc2)cc1. The molecule has 3 rings (SSSR count). The number of nitrogens with two attached hydrogens (primary N) is 1. The van der Waals surface area contributed by atoms with Gasteiger partial charge in [-0.25, -0.2) is 8.42 Å². The van der Waals surface area contributed by atoms with Crippen LogP contribution in [0.25, 0.3) is 0 Å². The lowest BCUT2D eigenvalue weighted by atomic mass is 9.84. The number of amides is 1. The van der Waals surface area contributed by atoms with E-state index in [2.05, 4.69) is 5.32 Å². The fraction of sp³-hybridized carbons (Fsp3) is 0.381. The summed E-state index contributed by atoms with van der Waals surface area (Å²) in [5.74, 6) is 0.0835. The molecule has 1 amide bonds. The van der Waals surface area contributed by atoms with Gasteiger partial charge >= 0.3 is 0 Å². The Morgan fingerprint density at radius 2 is 1.64 bits per heavy atom. The molecule has 2 atom stereocenters. The second kappa shape index (κ2) is 10.0. The number of rotatable bonds is 6. The highest BCUT2D eigenvalue weighted by molar-refractivity contribution is 7.90. The summed E-state index contributed by atoms with van der Waals surface area (Å²) < 4.78 is 25.1. The van der Waals surface area contributed by atoms with E-state index >= 15 is 0 Å². The van der Waals surface area contributed by atoms with Crippen molar-refractivity contribution in [3.05, 3.63) is 65.7 Å². The van der Waals surface area contributed by atoms with Crippen molar-refractivity contribution in [3.63, 3.8) is 0 Å². The largest absolute Gasteiger partial charge is 0.349 e. The minimum absolute atomic E-state index is 0. The van der Waals surface area contributed by atoms with Crippen molar-refractivity contribution in [1.82, 2.24) is 5.32 Å². The summed E-state index contributed by atoms with van der Waals surface area (Å²) in [7, 11) is -3.44. The van der Waals surface area contributed by atoms with Crippen molar-refractivity contribution in [2.75, 3.05) is 6.54 Å². The highest BCUT2D eigenvalue weighted by Crippen LogP contribution is 2.24. The van der Waals surface area contributed by atoms with Crippen molar-refractivity contribution in [3.8, 4) is 0 Å². The molecule has 1 aliphatic carbocycles. The standard InChI is InChI=1S/C21H26N2O3S.ClH/c22-14-18-8-4-5-9-20(18)23-21(24)17-10-12-19(13-11-17)27(25,26)15-16-6-2-1-3-7-16;/h1-3,6-7,10-13,18,20H,4-5,8-9,14-15,22H2,(H,23,24);1H. The average Bonchev–Trinajstić information content (AvgIpc) is 2.69. The summed E-state index contributed by atoms with van der Waals surface area (Å²) in [5, 5.41) is 3.07. The quantitative estimate of drug-likeness (QED) is 0.747. The van der Waals surface area contributed by atoms with E-state index in [-0.39, 0.29) is 35.0 Å². The van der Waals surface area contributed by atoms with Crippen LogP contribution in [0.3, 0.4) is 0 Å². The molecule has 28 heavy (non-hydrogen) atoms. The van der Waals surface area contributed by atoms with E-state index in [0.717, 1.165) is 31.2 Å². The first-order valence-corrected chi connectivity index (χ1v) is 11.0. The molecule has 0 aliphatic heterocycles. The second-order valence-electron chi connectivity index (χ2n) is 7.13. The maximum absolute atomic E-state index is 12.6.